The molecule has 3 heteroatoms. The van der Waals surface area contributed by atoms with Crippen molar-refractivity contribution in [2.24, 2.45) is 0 Å². The van der Waals surface area contributed by atoms with Crippen molar-refractivity contribution in [3.63, 3.8) is 0 Å². The fourth-order valence-electron chi connectivity index (χ4n) is 0.992. The Bertz CT molecular complexity index is 238. The minimum Gasteiger partial charge on any atom is -0.302 e. The highest BCUT2D eigenvalue weighted by atomic mass is 32.1. The van der Waals surface area contributed by atoms with Gasteiger partial charge in [0.2, 0.25) is 0 Å². The van der Waals surface area contributed by atoms with E-state index in [1.807, 2.05) is 30.3 Å². The summed E-state index contributed by atoms with van der Waals surface area (Å²) in [6, 6.07) is 9.64. The predicted octanol–water partition coefficient (Wildman–Crippen LogP) is 1.23. The fraction of sp³-hybridized carbons (Fsp3) is 0.222. The largest absolute Gasteiger partial charge is 0.302 e. The summed E-state index contributed by atoms with van der Waals surface area (Å²) in [5.41, 5.74) is 1.14. The molecule has 64 valence electrons. The van der Waals surface area contributed by atoms with Gasteiger partial charge in [-0.1, -0.05) is 43.1 Å². The van der Waals surface area contributed by atoms with E-state index in [-0.39, 0.29) is 6.04 Å². The normalized spacial score (nSPS) is 12.4. The van der Waals surface area contributed by atoms with Gasteiger partial charge in [-0.15, -0.1) is 0 Å². The number of aldehydes is 1. The summed E-state index contributed by atoms with van der Waals surface area (Å²) in [4.78, 5) is 10.4. The minimum absolute atomic E-state index is 0.198. The first kappa shape index (κ1) is 9.29. The van der Waals surface area contributed by atoms with Gasteiger partial charge in [-0.2, -0.15) is 0 Å². The van der Waals surface area contributed by atoms with Crippen molar-refractivity contribution < 1.29 is 4.79 Å². The van der Waals surface area contributed by atoms with Gasteiger partial charge in [0.25, 0.3) is 0 Å². The fourth-order valence-corrected chi connectivity index (χ4v) is 1.14. The Labute approximate surface area is 77.5 Å². The lowest BCUT2D eigenvalue weighted by Gasteiger charge is -2.06. The number of carbonyl (C=O) groups is 1. The number of rotatable bonds is 4. The van der Waals surface area contributed by atoms with Crippen LogP contribution in [0.4, 0.5) is 0 Å². The molecule has 1 N–H and O–H groups in total. The molecule has 1 atom stereocenters. The third-order valence-electron chi connectivity index (χ3n) is 1.63. The van der Waals surface area contributed by atoms with Crippen LogP contribution in [0.5, 0.6) is 0 Å². The standard InChI is InChI=1S/C9H11NOS/c11-7-9(10-12)6-8-4-2-1-3-5-8/h1-5,7,9-10,12H,6H2. The molecule has 0 fully saturated rings. The number of nitrogens with one attached hydrogen (secondary N) is 1. The van der Waals surface area contributed by atoms with Gasteiger partial charge in [-0.3, -0.25) is 4.72 Å². The van der Waals surface area contributed by atoms with Crippen molar-refractivity contribution in [3.05, 3.63) is 35.9 Å². The molecule has 2 nitrogen and oxygen atoms in total. The quantitative estimate of drug-likeness (QED) is 0.540. The molecular formula is C9H11NOS. The maximum absolute atomic E-state index is 10.4. The first-order chi connectivity index (χ1) is 5.86. The second kappa shape index (κ2) is 4.95. The van der Waals surface area contributed by atoms with E-state index < -0.39 is 0 Å². The molecular weight excluding hydrogens is 170 g/mol. The van der Waals surface area contributed by atoms with Crippen LogP contribution in [0.15, 0.2) is 30.3 Å². The molecule has 0 spiro atoms. The topological polar surface area (TPSA) is 29.1 Å². The van der Waals surface area contributed by atoms with Crippen molar-refractivity contribution >= 4 is 19.1 Å². The highest BCUT2D eigenvalue weighted by molar-refractivity contribution is 7.78. The van der Waals surface area contributed by atoms with Crippen LogP contribution in [-0.2, 0) is 11.2 Å². The van der Waals surface area contributed by atoms with E-state index in [9.17, 15) is 4.79 Å². The molecule has 0 bridgehead atoms. The molecule has 0 saturated heterocycles. The van der Waals surface area contributed by atoms with Crippen LogP contribution < -0.4 is 4.72 Å². The maximum atomic E-state index is 10.4. The zero-order valence-electron chi connectivity index (χ0n) is 6.60. The molecule has 0 aliphatic heterocycles. The van der Waals surface area contributed by atoms with Gasteiger partial charge in [0.15, 0.2) is 0 Å². The van der Waals surface area contributed by atoms with Crippen molar-refractivity contribution in [2.75, 3.05) is 0 Å². The first-order valence-electron chi connectivity index (χ1n) is 3.75. The van der Waals surface area contributed by atoms with E-state index in [0.29, 0.717) is 6.42 Å². The minimum atomic E-state index is -0.198. The van der Waals surface area contributed by atoms with E-state index in [2.05, 4.69) is 17.5 Å². The summed E-state index contributed by atoms with van der Waals surface area (Å²) in [6.07, 6.45) is 1.55. The van der Waals surface area contributed by atoms with E-state index >= 15 is 0 Å². The Morgan fingerprint density at radius 1 is 1.42 bits per heavy atom. The monoisotopic (exact) mass is 181 g/mol. The second-order valence-corrected chi connectivity index (χ2v) is 2.82. The SMILES string of the molecule is O=CC(Cc1ccccc1)NS. The summed E-state index contributed by atoms with van der Waals surface area (Å²) < 4.78 is 2.63. The Balaban J connectivity index is 2.56. The summed E-state index contributed by atoms with van der Waals surface area (Å²) in [6.45, 7) is 0. The van der Waals surface area contributed by atoms with Gasteiger partial charge in [-0.05, 0) is 12.0 Å². The van der Waals surface area contributed by atoms with Gasteiger partial charge >= 0.3 is 0 Å². The zero-order chi connectivity index (χ0) is 8.81. The summed E-state index contributed by atoms with van der Waals surface area (Å²) in [5, 5.41) is 0. The average molecular weight is 181 g/mol. The van der Waals surface area contributed by atoms with Crippen LogP contribution in [0.2, 0.25) is 0 Å². The summed E-state index contributed by atoms with van der Waals surface area (Å²) in [7, 11) is 0. The summed E-state index contributed by atoms with van der Waals surface area (Å²) >= 11 is 3.84. The number of thiol groups is 1. The van der Waals surface area contributed by atoms with Crippen LogP contribution in [-0.4, -0.2) is 12.3 Å². The van der Waals surface area contributed by atoms with Crippen molar-refractivity contribution in [1.82, 2.24) is 4.72 Å². The van der Waals surface area contributed by atoms with E-state index in [1.54, 1.807) is 0 Å². The lowest BCUT2D eigenvalue weighted by Crippen LogP contribution is -2.24. The van der Waals surface area contributed by atoms with Crippen molar-refractivity contribution in [1.29, 1.82) is 0 Å². The molecule has 0 aromatic heterocycles. The molecule has 1 unspecified atom stereocenters. The van der Waals surface area contributed by atoms with E-state index in [0.717, 1.165) is 11.8 Å². The van der Waals surface area contributed by atoms with Crippen LogP contribution in [0.3, 0.4) is 0 Å². The Hall–Kier alpha value is -0.800. The number of hydrogen-bond donors (Lipinski definition) is 2. The van der Waals surface area contributed by atoms with Gasteiger partial charge < -0.3 is 4.79 Å². The number of carbonyl (C=O) groups excluding carboxylic acids is 1. The Morgan fingerprint density at radius 3 is 2.58 bits per heavy atom. The smallest absolute Gasteiger partial charge is 0.138 e. The highest BCUT2D eigenvalue weighted by Gasteiger charge is 2.04. The maximum Gasteiger partial charge on any atom is 0.138 e. The van der Waals surface area contributed by atoms with Gasteiger partial charge in [0.05, 0.1) is 6.04 Å². The van der Waals surface area contributed by atoms with Gasteiger partial charge in [0, 0.05) is 0 Å². The van der Waals surface area contributed by atoms with Crippen LogP contribution >= 0.6 is 12.8 Å². The van der Waals surface area contributed by atoms with Crippen LogP contribution in [0.1, 0.15) is 5.56 Å². The highest BCUT2D eigenvalue weighted by Crippen LogP contribution is 2.01. The Morgan fingerprint density at radius 2 is 2.08 bits per heavy atom. The molecule has 0 radical (unpaired) electrons. The number of hydrogen-bond acceptors (Lipinski definition) is 3. The van der Waals surface area contributed by atoms with Crippen molar-refractivity contribution in [2.45, 2.75) is 12.5 Å². The first-order valence-corrected chi connectivity index (χ1v) is 4.20. The zero-order valence-corrected chi connectivity index (χ0v) is 7.50. The molecule has 1 aromatic carbocycles. The molecule has 1 rings (SSSR count). The second-order valence-electron chi connectivity index (χ2n) is 2.56. The van der Waals surface area contributed by atoms with E-state index in [1.165, 1.54) is 0 Å². The average Bonchev–Trinajstić information content (AvgIpc) is 2.16. The van der Waals surface area contributed by atoms with Gasteiger partial charge in [-0.25, -0.2) is 0 Å². The van der Waals surface area contributed by atoms with Crippen LogP contribution in [0.25, 0.3) is 0 Å². The molecule has 0 aliphatic rings. The van der Waals surface area contributed by atoms with Crippen LogP contribution in [0, 0.1) is 0 Å². The molecule has 0 aliphatic carbocycles. The lowest BCUT2D eigenvalue weighted by atomic mass is 10.1. The summed E-state index contributed by atoms with van der Waals surface area (Å²) in [5.74, 6) is 0. The molecule has 1 aromatic rings. The lowest BCUT2D eigenvalue weighted by molar-refractivity contribution is -0.109. The van der Waals surface area contributed by atoms with Crippen molar-refractivity contribution in [3.8, 4) is 0 Å². The van der Waals surface area contributed by atoms with E-state index in [4.69, 9.17) is 0 Å². The Kier molecular flexibility index (Phi) is 3.84. The number of benzene rings is 1. The van der Waals surface area contributed by atoms with Gasteiger partial charge in [0.1, 0.15) is 6.29 Å². The molecule has 12 heavy (non-hydrogen) atoms. The molecule has 0 heterocycles. The third-order valence-corrected chi connectivity index (χ3v) is 1.96. The molecule has 0 amide bonds. The third kappa shape index (κ3) is 2.68. The predicted molar refractivity (Wildman–Crippen MR) is 52.1 cm³/mol. The molecule has 0 saturated carbocycles.